The molecule has 1 heterocycles. The van der Waals surface area contributed by atoms with Gasteiger partial charge in [-0.2, -0.15) is 0 Å². The molecule has 1 saturated heterocycles. The first-order valence-corrected chi connectivity index (χ1v) is 13.3. The molecule has 2 rings (SSSR count). The van der Waals surface area contributed by atoms with Crippen LogP contribution in [-0.4, -0.2) is 42.8 Å². The van der Waals surface area contributed by atoms with Gasteiger partial charge in [-0.05, 0) is 44.1 Å². The normalized spacial score (nSPS) is 18.8. The molecule has 4 amide bonds. The second-order valence-electron chi connectivity index (χ2n) is 9.35. The van der Waals surface area contributed by atoms with Gasteiger partial charge in [0.15, 0.2) is 0 Å². The average Bonchev–Trinajstić information content (AvgIpc) is 2.87. The minimum absolute atomic E-state index is 0.0129. The van der Waals surface area contributed by atoms with Gasteiger partial charge >= 0.3 is 0 Å². The molecule has 1 aromatic rings. The van der Waals surface area contributed by atoms with Crippen molar-refractivity contribution in [2.75, 3.05) is 13.1 Å². The second kappa shape index (κ2) is 17.5. The van der Waals surface area contributed by atoms with E-state index in [4.69, 9.17) is 4.84 Å². The molecule has 200 valence electrons. The zero-order valence-electron chi connectivity index (χ0n) is 21.5. The number of hydroxylamine groups is 1. The van der Waals surface area contributed by atoms with E-state index < -0.39 is 12.0 Å². The molecular formula is C27H42N4O5. The number of rotatable bonds is 10. The summed E-state index contributed by atoms with van der Waals surface area (Å²) in [6, 6.07) is 8.82. The predicted molar refractivity (Wildman–Crippen MR) is 137 cm³/mol. The van der Waals surface area contributed by atoms with E-state index in [0.717, 1.165) is 44.1 Å². The average molecular weight is 503 g/mol. The van der Waals surface area contributed by atoms with Crippen LogP contribution in [0.4, 0.5) is 0 Å². The van der Waals surface area contributed by atoms with Crippen molar-refractivity contribution in [2.45, 2.75) is 90.2 Å². The molecule has 0 aliphatic carbocycles. The summed E-state index contributed by atoms with van der Waals surface area (Å²) >= 11 is 0. The number of unbranched alkanes of at least 4 members (excludes halogenated alkanes) is 1. The Morgan fingerprint density at radius 2 is 1.78 bits per heavy atom. The Bertz CT molecular complexity index is 818. The molecule has 1 aromatic carbocycles. The first-order chi connectivity index (χ1) is 17.5. The molecule has 0 saturated carbocycles. The van der Waals surface area contributed by atoms with E-state index in [0.29, 0.717) is 38.8 Å². The minimum atomic E-state index is -0.669. The fourth-order valence-corrected chi connectivity index (χ4v) is 4.09. The maximum absolute atomic E-state index is 13.1. The Balaban J connectivity index is 1.91. The van der Waals surface area contributed by atoms with E-state index in [9.17, 15) is 19.2 Å². The highest BCUT2D eigenvalue weighted by Crippen LogP contribution is 2.15. The van der Waals surface area contributed by atoms with Gasteiger partial charge < -0.3 is 16.0 Å². The van der Waals surface area contributed by atoms with E-state index in [1.54, 1.807) is 0 Å². The van der Waals surface area contributed by atoms with Crippen LogP contribution in [-0.2, 0) is 30.6 Å². The molecular weight excluding hydrogens is 460 g/mol. The molecule has 2 atom stereocenters. The molecule has 9 nitrogen and oxygen atoms in total. The van der Waals surface area contributed by atoms with Crippen LogP contribution in [0.25, 0.3) is 0 Å². The Kier molecular flexibility index (Phi) is 14.2. The van der Waals surface area contributed by atoms with Gasteiger partial charge in [0.2, 0.25) is 23.6 Å². The molecule has 0 unspecified atom stereocenters. The number of carbonyl (C=O) groups is 4. The van der Waals surface area contributed by atoms with E-state index in [2.05, 4.69) is 21.4 Å². The monoisotopic (exact) mass is 502 g/mol. The van der Waals surface area contributed by atoms with Crippen molar-refractivity contribution in [3.05, 3.63) is 35.9 Å². The molecule has 4 N–H and O–H groups in total. The third-order valence-electron chi connectivity index (χ3n) is 6.23. The van der Waals surface area contributed by atoms with Gasteiger partial charge in [-0.3, -0.25) is 24.0 Å². The summed E-state index contributed by atoms with van der Waals surface area (Å²) in [5.74, 6) is -1.35. The number of benzene rings is 1. The largest absolute Gasteiger partial charge is 0.356 e. The number of hydrogen-bond acceptors (Lipinski definition) is 5. The van der Waals surface area contributed by atoms with Gasteiger partial charge in [-0.1, -0.05) is 56.5 Å². The van der Waals surface area contributed by atoms with Gasteiger partial charge in [0.05, 0.1) is 6.61 Å². The fourth-order valence-electron chi connectivity index (χ4n) is 4.09. The lowest BCUT2D eigenvalue weighted by Gasteiger charge is -2.22. The lowest BCUT2D eigenvalue weighted by molar-refractivity contribution is -0.139. The lowest BCUT2D eigenvalue weighted by atomic mass is 9.96. The smallest absolute Gasteiger partial charge is 0.244 e. The van der Waals surface area contributed by atoms with Crippen LogP contribution < -0.4 is 21.4 Å². The molecule has 0 aromatic heterocycles. The molecule has 1 aliphatic heterocycles. The van der Waals surface area contributed by atoms with Crippen LogP contribution in [0, 0.1) is 5.92 Å². The van der Waals surface area contributed by atoms with Gasteiger partial charge in [0, 0.05) is 31.8 Å². The van der Waals surface area contributed by atoms with Crippen LogP contribution >= 0.6 is 0 Å². The summed E-state index contributed by atoms with van der Waals surface area (Å²) < 4.78 is 0. The predicted octanol–water partition coefficient (Wildman–Crippen LogP) is 2.89. The van der Waals surface area contributed by atoms with Gasteiger partial charge in [0.25, 0.3) is 0 Å². The van der Waals surface area contributed by atoms with Crippen molar-refractivity contribution >= 4 is 23.6 Å². The van der Waals surface area contributed by atoms with E-state index >= 15 is 0 Å². The quantitative estimate of drug-likeness (QED) is 0.366. The Hall–Kier alpha value is -2.94. The topological polar surface area (TPSA) is 126 Å². The molecule has 36 heavy (non-hydrogen) atoms. The summed E-state index contributed by atoms with van der Waals surface area (Å²) in [4.78, 5) is 55.6. The van der Waals surface area contributed by atoms with Crippen LogP contribution in [0.2, 0.25) is 0 Å². The van der Waals surface area contributed by atoms with E-state index in [1.807, 2.05) is 37.3 Å². The highest BCUT2D eigenvalue weighted by Gasteiger charge is 2.27. The number of nitrogens with one attached hydrogen (secondary N) is 4. The van der Waals surface area contributed by atoms with E-state index in [-0.39, 0.29) is 36.7 Å². The molecule has 0 spiro atoms. The summed E-state index contributed by atoms with van der Waals surface area (Å²) in [6.45, 7) is 3.33. The Morgan fingerprint density at radius 1 is 1.03 bits per heavy atom. The number of carbonyl (C=O) groups excluding carboxylic acids is 4. The zero-order valence-corrected chi connectivity index (χ0v) is 21.5. The van der Waals surface area contributed by atoms with Crippen molar-refractivity contribution in [3.63, 3.8) is 0 Å². The van der Waals surface area contributed by atoms with Crippen LogP contribution in [0.5, 0.6) is 0 Å². The standard InChI is InChI=1S/C27H42N4O5/c1-2-3-14-22(19-25(33)31-36-20-21-12-6-4-7-13-21)26(34)30-23-15-9-11-17-28-24(32)16-8-5-10-18-29-27(23)35/h4,6-7,12-13,22-23H,2-3,5,8-11,14-20H2,1H3,(H,28,32)(H,29,35)(H,30,34)(H,31,33)/t22-,23+/m1/s1. The van der Waals surface area contributed by atoms with Crippen LogP contribution in [0.1, 0.15) is 83.1 Å². The molecule has 0 radical (unpaired) electrons. The Labute approximate surface area is 214 Å². The lowest BCUT2D eigenvalue weighted by Crippen LogP contribution is -2.49. The highest BCUT2D eigenvalue weighted by atomic mass is 16.6. The summed E-state index contributed by atoms with van der Waals surface area (Å²) in [7, 11) is 0. The van der Waals surface area contributed by atoms with Crippen LogP contribution in [0.15, 0.2) is 30.3 Å². The van der Waals surface area contributed by atoms with Gasteiger partial charge in [-0.15, -0.1) is 0 Å². The first-order valence-electron chi connectivity index (χ1n) is 13.3. The van der Waals surface area contributed by atoms with Crippen molar-refractivity contribution in [2.24, 2.45) is 5.92 Å². The van der Waals surface area contributed by atoms with Gasteiger partial charge in [0.1, 0.15) is 6.04 Å². The summed E-state index contributed by atoms with van der Waals surface area (Å²) in [6.07, 6.45) is 7.05. The van der Waals surface area contributed by atoms with E-state index in [1.165, 1.54) is 0 Å². The molecule has 1 aliphatic rings. The Morgan fingerprint density at radius 3 is 2.56 bits per heavy atom. The number of amides is 4. The number of hydrogen-bond donors (Lipinski definition) is 4. The SMILES string of the molecule is CCCC[C@H](CC(=O)NOCc1ccccc1)C(=O)N[C@H]1CCCCNC(=O)CCCCCNC1=O. The maximum Gasteiger partial charge on any atom is 0.244 e. The third kappa shape index (κ3) is 12.2. The zero-order chi connectivity index (χ0) is 26.0. The molecule has 0 bridgehead atoms. The van der Waals surface area contributed by atoms with Crippen molar-refractivity contribution in [3.8, 4) is 0 Å². The highest BCUT2D eigenvalue weighted by molar-refractivity contribution is 5.90. The summed E-state index contributed by atoms with van der Waals surface area (Å²) in [5.41, 5.74) is 3.36. The second-order valence-corrected chi connectivity index (χ2v) is 9.35. The van der Waals surface area contributed by atoms with Crippen molar-refractivity contribution in [1.29, 1.82) is 0 Å². The maximum atomic E-state index is 13.1. The van der Waals surface area contributed by atoms with Gasteiger partial charge in [-0.25, -0.2) is 5.48 Å². The fraction of sp³-hybridized carbons (Fsp3) is 0.630. The minimum Gasteiger partial charge on any atom is -0.356 e. The summed E-state index contributed by atoms with van der Waals surface area (Å²) in [5, 5.41) is 8.72. The van der Waals surface area contributed by atoms with Crippen LogP contribution in [0.3, 0.4) is 0 Å². The first kappa shape index (κ1) is 29.3. The third-order valence-corrected chi connectivity index (χ3v) is 6.23. The van der Waals surface area contributed by atoms with Crippen molar-refractivity contribution < 1.29 is 24.0 Å². The van der Waals surface area contributed by atoms with Crippen molar-refractivity contribution in [1.82, 2.24) is 21.4 Å². The molecule has 9 heteroatoms. The molecule has 1 fully saturated rings.